The summed E-state index contributed by atoms with van der Waals surface area (Å²) in [5, 5.41) is 3.20. The fraction of sp³-hybridized carbons (Fsp3) is 0.308. The van der Waals surface area contributed by atoms with E-state index in [1.54, 1.807) is 23.5 Å². The number of aryl methyl sites for hydroxylation is 1. The summed E-state index contributed by atoms with van der Waals surface area (Å²) in [6.07, 6.45) is 1.23. The van der Waals surface area contributed by atoms with E-state index in [0.717, 1.165) is 16.3 Å². The molecule has 96 valence electrons. The first-order chi connectivity index (χ1) is 8.56. The van der Waals surface area contributed by atoms with Crippen LogP contribution in [0.3, 0.4) is 0 Å². The third-order valence-corrected chi connectivity index (χ3v) is 3.90. The van der Waals surface area contributed by atoms with Crippen LogP contribution in [-0.4, -0.2) is 11.0 Å². The second-order valence-electron chi connectivity index (χ2n) is 4.24. The number of hydrogen-bond donors (Lipinski definition) is 1. The van der Waals surface area contributed by atoms with Gasteiger partial charge < -0.3 is 5.73 Å². The molecule has 0 amide bonds. The number of hydrogen-bond acceptors (Lipinski definition) is 3. The van der Waals surface area contributed by atoms with Crippen molar-refractivity contribution in [1.82, 2.24) is 4.98 Å². The van der Waals surface area contributed by atoms with Crippen molar-refractivity contribution < 1.29 is 4.39 Å². The molecule has 0 aliphatic carbocycles. The summed E-state index contributed by atoms with van der Waals surface area (Å²) in [6, 6.07) is 4.69. The standard InChI is InChI=1S/C13H14ClFN2S/c1-8-17-11(7-18-8)6-10(16)5-9-3-2-4-12(15)13(9)14/h2-4,7,10H,5-6,16H2,1H3. The van der Waals surface area contributed by atoms with Crippen LogP contribution in [0.2, 0.25) is 5.02 Å². The van der Waals surface area contributed by atoms with Crippen LogP contribution in [0.15, 0.2) is 23.6 Å². The van der Waals surface area contributed by atoms with E-state index in [-0.39, 0.29) is 11.1 Å². The first-order valence-electron chi connectivity index (χ1n) is 5.65. The predicted octanol–water partition coefficient (Wildman–Crippen LogP) is 3.36. The zero-order valence-corrected chi connectivity index (χ0v) is 11.6. The van der Waals surface area contributed by atoms with E-state index in [1.165, 1.54) is 6.07 Å². The molecule has 1 aromatic carbocycles. The zero-order chi connectivity index (χ0) is 13.1. The monoisotopic (exact) mass is 284 g/mol. The Morgan fingerprint density at radius 1 is 1.44 bits per heavy atom. The number of nitrogens with zero attached hydrogens (tertiary/aromatic N) is 1. The third-order valence-electron chi connectivity index (χ3n) is 2.65. The maximum atomic E-state index is 13.3. The van der Waals surface area contributed by atoms with Crippen molar-refractivity contribution in [3.63, 3.8) is 0 Å². The Morgan fingerprint density at radius 3 is 2.89 bits per heavy atom. The molecule has 1 unspecified atom stereocenters. The summed E-state index contributed by atoms with van der Waals surface area (Å²) in [6.45, 7) is 1.96. The van der Waals surface area contributed by atoms with Crippen molar-refractivity contribution in [1.29, 1.82) is 0 Å². The van der Waals surface area contributed by atoms with Crippen LogP contribution >= 0.6 is 22.9 Å². The summed E-state index contributed by atoms with van der Waals surface area (Å²) >= 11 is 7.51. The van der Waals surface area contributed by atoms with E-state index in [0.29, 0.717) is 12.8 Å². The van der Waals surface area contributed by atoms with Crippen molar-refractivity contribution in [2.24, 2.45) is 5.73 Å². The molecule has 1 aromatic heterocycles. The molecule has 0 saturated heterocycles. The molecule has 0 aliphatic heterocycles. The number of rotatable bonds is 4. The van der Waals surface area contributed by atoms with E-state index in [1.807, 2.05) is 12.3 Å². The first-order valence-corrected chi connectivity index (χ1v) is 6.91. The second-order valence-corrected chi connectivity index (χ2v) is 5.68. The van der Waals surface area contributed by atoms with Gasteiger partial charge in [0.1, 0.15) is 5.82 Å². The fourth-order valence-electron chi connectivity index (χ4n) is 1.83. The Bertz CT molecular complexity index is 542. The summed E-state index contributed by atoms with van der Waals surface area (Å²) in [7, 11) is 0. The normalized spacial score (nSPS) is 12.7. The van der Waals surface area contributed by atoms with Crippen LogP contribution in [0.1, 0.15) is 16.3 Å². The van der Waals surface area contributed by atoms with Gasteiger partial charge in [-0.15, -0.1) is 11.3 Å². The van der Waals surface area contributed by atoms with Gasteiger partial charge in [-0.3, -0.25) is 0 Å². The highest BCUT2D eigenvalue weighted by molar-refractivity contribution is 7.09. The quantitative estimate of drug-likeness (QED) is 0.935. The highest BCUT2D eigenvalue weighted by Gasteiger charge is 2.12. The van der Waals surface area contributed by atoms with Gasteiger partial charge in [0.2, 0.25) is 0 Å². The smallest absolute Gasteiger partial charge is 0.142 e. The summed E-state index contributed by atoms with van der Waals surface area (Å²) in [5.74, 6) is -0.397. The van der Waals surface area contributed by atoms with Gasteiger partial charge in [0, 0.05) is 17.8 Å². The van der Waals surface area contributed by atoms with Gasteiger partial charge in [0.25, 0.3) is 0 Å². The average molecular weight is 285 g/mol. The van der Waals surface area contributed by atoms with Crippen molar-refractivity contribution >= 4 is 22.9 Å². The molecule has 0 bridgehead atoms. The predicted molar refractivity (Wildman–Crippen MR) is 73.6 cm³/mol. The van der Waals surface area contributed by atoms with Crippen LogP contribution in [0, 0.1) is 12.7 Å². The number of halogens is 2. The van der Waals surface area contributed by atoms with Gasteiger partial charge in [-0.05, 0) is 25.0 Å². The molecule has 0 radical (unpaired) electrons. The van der Waals surface area contributed by atoms with Gasteiger partial charge in [0.15, 0.2) is 0 Å². The molecular weight excluding hydrogens is 271 g/mol. The molecule has 0 spiro atoms. The molecule has 2 nitrogen and oxygen atoms in total. The second kappa shape index (κ2) is 5.78. The molecule has 1 heterocycles. The Labute approximate surface area is 115 Å². The zero-order valence-electron chi connectivity index (χ0n) is 9.99. The molecule has 2 N–H and O–H groups in total. The van der Waals surface area contributed by atoms with Crippen LogP contribution in [0.4, 0.5) is 4.39 Å². The van der Waals surface area contributed by atoms with E-state index in [9.17, 15) is 4.39 Å². The fourth-order valence-corrected chi connectivity index (χ4v) is 2.66. The van der Waals surface area contributed by atoms with E-state index < -0.39 is 5.82 Å². The lowest BCUT2D eigenvalue weighted by atomic mass is 10.0. The lowest BCUT2D eigenvalue weighted by Gasteiger charge is -2.11. The van der Waals surface area contributed by atoms with Crippen LogP contribution in [-0.2, 0) is 12.8 Å². The maximum Gasteiger partial charge on any atom is 0.142 e. The van der Waals surface area contributed by atoms with Crippen molar-refractivity contribution in [2.75, 3.05) is 0 Å². The molecule has 5 heteroatoms. The molecule has 0 fully saturated rings. The first kappa shape index (κ1) is 13.5. The minimum absolute atomic E-state index is 0.106. The van der Waals surface area contributed by atoms with Crippen LogP contribution in [0.5, 0.6) is 0 Å². The topological polar surface area (TPSA) is 38.9 Å². The lowest BCUT2D eigenvalue weighted by molar-refractivity contribution is 0.617. The maximum absolute atomic E-state index is 13.3. The Kier molecular flexibility index (Phi) is 4.32. The van der Waals surface area contributed by atoms with Gasteiger partial charge >= 0.3 is 0 Å². The lowest BCUT2D eigenvalue weighted by Crippen LogP contribution is -2.25. The summed E-state index contributed by atoms with van der Waals surface area (Å²) < 4.78 is 13.3. The molecule has 2 aromatic rings. The van der Waals surface area contributed by atoms with Gasteiger partial charge in [-0.2, -0.15) is 0 Å². The minimum Gasteiger partial charge on any atom is -0.327 e. The highest BCUT2D eigenvalue weighted by Crippen LogP contribution is 2.21. The summed E-state index contributed by atoms with van der Waals surface area (Å²) in [5.41, 5.74) is 7.78. The summed E-state index contributed by atoms with van der Waals surface area (Å²) in [4.78, 5) is 4.36. The third kappa shape index (κ3) is 3.28. The SMILES string of the molecule is Cc1nc(CC(N)Cc2cccc(F)c2Cl)cs1. The largest absolute Gasteiger partial charge is 0.327 e. The van der Waals surface area contributed by atoms with E-state index in [4.69, 9.17) is 17.3 Å². The van der Waals surface area contributed by atoms with Crippen molar-refractivity contribution in [3.05, 3.63) is 50.7 Å². The number of benzene rings is 1. The number of thiazole rings is 1. The van der Waals surface area contributed by atoms with Crippen molar-refractivity contribution in [3.8, 4) is 0 Å². The van der Waals surface area contributed by atoms with E-state index >= 15 is 0 Å². The Morgan fingerprint density at radius 2 is 2.22 bits per heavy atom. The number of aromatic nitrogens is 1. The minimum atomic E-state index is -0.397. The molecule has 0 aliphatic rings. The number of nitrogens with two attached hydrogens (primary N) is 1. The van der Waals surface area contributed by atoms with Crippen LogP contribution < -0.4 is 5.73 Å². The van der Waals surface area contributed by atoms with Crippen LogP contribution in [0.25, 0.3) is 0 Å². The average Bonchev–Trinajstić information content (AvgIpc) is 2.70. The van der Waals surface area contributed by atoms with Gasteiger partial charge in [-0.25, -0.2) is 9.37 Å². The van der Waals surface area contributed by atoms with Crippen molar-refractivity contribution in [2.45, 2.75) is 25.8 Å². The van der Waals surface area contributed by atoms with Gasteiger partial charge in [0.05, 0.1) is 15.7 Å². The molecular formula is C13H14ClFN2S. The highest BCUT2D eigenvalue weighted by atomic mass is 35.5. The Balaban J connectivity index is 2.03. The molecule has 2 rings (SSSR count). The van der Waals surface area contributed by atoms with E-state index in [2.05, 4.69) is 4.98 Å². The Hall–Kier alpha value is -0.970. The van der Waals surface area contributed by atoms with Gasteiger partial charge in [-0.1, -0.05) is 23.7 Å². The molecule has 1 atom stereocenters. The molecule has 0 saturated carbocycles. The molecule has 18 heavy (non-hydrogen) atoms.